The number of methoxy groups -OCH3 is 3. The first-order valence-electron chi connectivity index (χ1n) is 3.61. The Morgan fingerprint density at radius 3 is 1.92 bits per heavy atom. The molecule has 0 aliphatic heterocycles. The molecule has 0 amide bonds. The third-order valence-corrected chi connectivity index (χ3v) is 1.63. The van der Waals surface area contributed by atoms with E-state index in [2.05, 4.69) is 14.2 Å². The van der Waals surface area contributed by atoms with Gasteiger partial charge in [0.1, 0.15) is 0 Å². The highest BCUT2D eigenvalue weighted by Crippen LogP contribution is 2.24. The van der Waals surface area contributed by atoms with E-state index < -0.39 is 11.8 Å². The van der Waals surface area contributed by atoms with E-state index >= 15 is 0 Å². The Morgan fingerprint density at radius 2 is 1.62 bits per heavy atom. The van der Waals surface area contributed by atoms with Crippen molar-refractivity contribution < 1.29 is 29.2 Å². The van der Waals surface area contributed by atoms with E-state index in [4.69, 9.17) is 4.74 Å². The van der Waals surface area contributed by atoms with Gasteiger partial charge in [-0.25, -0.2) is 0 Å². The summed E-state index contributed by atoms with van der Waals surface area (Å²) in [6, 6.07) is 0. The highest BCUT2D eigenvalue weighted by atomic mass is 16.9. The van der Waals surface area contributed by atoms with Crippen molar-refractivity contribution in [3.8, 4) is 0 Å². The van der Waals surface area contributed by atoms with E-state index in [1.54, 1.807) is 0 Å². The molecule has 0 aromatic rings. The Morgan fingerprint density at radius 1 is 1.08 bits per heavy atom. The van der Waals surface area contributed by atoms with Crippen LogP contribution in [0.15, 0.2) is 0 Å². The molecule has 6 nitrogen and oxygen atoms in total. The molecule has 80 valence electrons. The summed E-state index contributed by atoms with van der Waals surface area (Å²) in [6.07, 6.45) is 0. The van der Waals surface area contributed by atoms with Crippen molar-refractivity contribution in [1.82, 2.24) is 0 Å². The van der Waals surface area contributed by atoms with Crippen LogP contribution in [-0.4, -0.2) is 50.1 Å². The molecule has 0 spiro atoms. The zero-order valence-electron chi connectivity index (χ0n) is 8.23. The fraction of sp³-hybridized carbons (Fsp3) is 1.00. The van der Waals surface area contributed by atoms with E-state index in [-0.39, 0.29) is 6.79 Å². The normalized spacial score (nSPS) is 20.8. The van der Waals surface area contributed by atoms with Gasteiger partial charge >= 0.3 is 5.97 Å². The van der Waals surface area contributed by atoms with Crippen LogP contribution in [0.25, 0.3) is 0 Å². The highest BCUT2D eigenvalue weighted by molar-refractivity contribution is 4.71. The van der Waals surface area contributed by atoms with Crippen molar-refractivity contribution >= 4 is 0 Å². The molecule has 0 heterocycles. The largest absolute Gasteiger partial charge is 0.359 e. The lowest BCUT2D eigenvalue weighted by molar-refractivity contribution is -0.475. The minimum Gasteiger partial charge on any atom is -0.359 e. The summed E-state index contributed by atoms with van der Waals surface area (Å²) in [7, 11) is 3.75. The zero-order valence-corrected chi connectivity index (χ0v) is 8.23. The van der Waals surface area contributed by atoms with Gasteiger partial charge in [0.15, 0.2) is 6.79 Å². The molecule has 0 radical (unpaired) electrons. The van der Waals surface area contributed by atoms with Crippen molar-refractivity contribution in [2.45, 2.75) is 18.7 Å². The predicted octanol–water partition coefficient (Wildman–Crippen LogP) is -0.746. The Hall–Kier alpha value is -0.240. The van der Waals surface area contributed by atoms with Crippen molar-refractivity contribution in [2.75, 3.05) is 28.1 Å². The molecule has 0 bridgehead atoms. The van der Waals surface area contributed by atoms with Gasteiger partial charge in [0.2, 0.25) is 5.79 Å². The Kier molecular flexibility index (Phi) is 4.76. The van der Waals surface area contributed by atoms with Crippen LogP contribution < -0.4 is 0 Å². The van der Waals surface area contributed by atoms with Gasteiger partial charge in [-0.3, -0.25) is 4.74 Å². The standard InChI is InChI=1S/C7H16O6/c1-6(8,11-3)7(9,12-4)13-5-10-2/h8-9H,5H2,1-4H3. The van der Waals surface area contributed by atoms with Gasteiger partial charge in [-0.1, -0.05) is 0 Å². The van der Waals surface area contributed by atoms with Crippen molar-refractivity contribution in [3.63, 3.8) is 0 Å². The number of hydrogen-bond acceptors (Lipinski definition) is 6. The first kappa shape index (κ1) is 12.8. The number of hydrogen-bond donors (Lipinski definition) is 2. The molecule has 0 aromatic heterocycles. The molecular formula is C7H16O6. The Balaban J connectivity index is 4.42. The molecule has 6 heteroatoms. The van der Waals surface area contributed by atoms with Gasteiger partial charge in [0, 0.05) is 21.3 Å². The summed E-state index contributed by atoms with van der Waals surface area (Å²) in [6.45, 7) is 0.968. The highest BCUT2D eigenvalue weighted by Gasteiger charge is 2.49. The zero-order chi connectivity index (χ0) is 10.5. The van der Waals surface area contributed by atoms with Gasteiger partial charge in [0.05, 0.1) is 0 Å². The quantitative estimate of drug-likeness (QED) is 0.544. The molecule has 0 aromatic carbocycles. The lowest BCUT2D eigenvalue weighted by Gasteiger charge is -2.36. The second-order valence-corrected chi connectivity index (χ2v) is 2.52. The molecule has 0 rings (SSSR count). The van der Waals surface area contributed by atoms with E-state index in [0.717, 1.165) is 0 Å². The smallest absolute Gasteiger partial charge is 0.339 e. The Bertz CT molecular complexity index is 148. The van der Waals surface area contributed by atoms with Crippen LogP contribution in [0.1, 0.15) is 6.92 Å². The number of aliphatic hydroxyl groups is 2. The fourth-order valence-corrected chi connectivity index (χ4v) is 0.650. The molecule has 2 atom stereocenters. The van der Waals surface area contributed by atoms with E-state index in [1.165, 1.54) is 28.3 Å². The van der Waals surface area contributed by atoms with Crippen molar-refractivity contribution in [3.05, 3.63) is 0 Å². The maximum Gasteiger partial charge on any atom is 0.339 e. The molecule has 0 aliphatic carbocycles. The third kappa shape index (κ3) is 2.87. The van der Waals surface area contributed by atoms with Crippen LogP contribution >= 0.6 is 0 Å². The van der Waals surface area contributed by atoms with Crippen LogP contribution in [-0.2, 0) is 18.9 Å². The van der Waals surface area contributed by atoms with Gasteiger partial charge in [-0.15, -0.1) is 0 Å². The molecule has 0 saturated carbocycles. The predicted molar refractivity (Wildman–Crippen MR) is 42.6 cm³/mol. The molecule has 0 aliphatic rings. The second-order valence-electron chi connectivity index (χ2n) is 2.52. The monoisotopic (exact) mass is 196 g/mol. The van der Waals surface area contributed by atoms with Gasteiger partial charge in [0.25, 0.3) is 0 Å². The summed E-state index contributed by atoms with van der Waals surface area (Å²) < 4.78 is 18.4. The summed E-state index contributed by atoms with van der Waals surface area (Å²) in [5.41, 5.74) is 0. The summed E-state index contributed by atoms with van der Waals surface area (Å²) >= 11 is 0. The lowest BCUT2D eigenvalue weighted by Crippen LogP contribution is -2.57. The molecule has 0 fully saturated rings. The number of rotatable bonds is 6. The maximum atomic E-state index is 9.58. The summed E-state index contributed by atoms with van der Waals surface area (Å²) in [4.78, 5) is 0. The molecule has 0 saturated heterocycles. The Labute approximate surface area is 77.0 Å². The van der Waals surface area contributed by atoms with Gasteiger partial charge in [-0.05, 0) is 6.92 Å². The molecular weight excluding hydrogens is 180 g/mol. The lowest BCUT2D eigenvalue weighted by atomic mass is 10.2. The van der Waals surface area contributed by atoms with Crippen molar-refractivity contribution in [2.24, 2.45) is 0 Å². The van der Waals surface area contributed by atoms with E-state index in [9.17, 15) is 10.2 Å². The van der Waals surface area contributed by atoms with E-state index in [0.29, 0.717) is 0 Å². The van der Waals surface area contributed by atoms with Gasteiger partial charge in [-0.2, -0.15) is 0 Å². The molecule has 2 unspecified atom stereocenters. The minimum absolute atomic E-state index is 0.232. The minimum atomic E-state index is -2.25. The van der Waals surface area contributed by atoms with Crippen LogP contribution in [0.3, 0.4) is 0 Å². The van der Waals surface area contributed by atoms with Crippen LogP contribution in [0.4, 0.5) is 0 Å². The first-order chi connectivity index (χ1) is 5.93. The average Bonchev–Trinajstić information content (AvgIpc) is 2.13. The summed E-state index contributed by atoms with van der Waals surface area (Å²) in [5.74, 6) is -4.22. The van der Waals surface area contributed by atoms with Crippen LogP contribution in [0.5, 0.6) is 0 Å². The summed E-state index contributed by atoms with van der Waals surface area (Å²) in [5, 5.41) is 19.1. The second kappa shape index (κ2) is 4.85. The number of ether oxygens (including phenoxy) is 4. The van der Waals surface area contributed by atoms with Gasteiger partial charge < -0.3 is 24.4 Å². The third-order valence-electron chi connectivity index (χ3n) is 1.63. The SMILES string of the molecule is COCOC(O)(OC)C(C)(O)OC. The van der Waals surface area contributed by atoms with Crippen LogP contribution in [0, 0.1) is 0 Å². The maximum absolute atomic E-state index is 9.58. The average molecular weight is 196 g/mol. The van der Waals surface area contributed by atoms with Crippen LogP contribution in [0.2, 0.25) is 0 Å². The van der Waals surface area contributed by atoms with Crippen molar-refractivity contribution in [1.29, 1.82) is 0 Å². The first-order valence-corrected chi connectivity index (χ1v) is 3.61. The van der Waals surface area contributed by atoms with E-state index in [1.807, 2.05) is 0 Å². The molecule has 2 N–H and O–H groups in total. The molecule has 13 heavy (non-hydrogen) atoms. The fourth-order valence-electron chi connectivity index (χ4n) is 0.650. The topological polar surface area (TPSA) is 77.4 Å².